The number of methoxy groups -OCH3 is 1. The molecule has 0 atom stereocenters. The summed E-state index contributed by atoms with van der Waals surface area (Å²) in [6.45, 7) is 2.25. The van der Waals surface area contributed by atoms with Crippen molar-refractivity contribution in [2.75, 3.05) is 25.9 Å². The zero-order chi connectivity index (χ0) is 28.3. The van der Waals surface area contributed by atoms with Crippen LogP contribution in [-0.2, 0) is 6.54 Å². The standard InChI is InChI=1S/C30H29FN8O2/c1-41-25-9-6-21(31)14-23(25)30(40)35-15-18-2-4-20(5-3-18)27-26-28(32)36-17-37-29(26)39(38-27)22-7-8-24(34-16-22)19-10-12-33-13-11-19/h2-9,14,16-17,19,33H,10-13,15H2,1H3,(H,35,40)(H2,32,36,37). The number of piperidine rings is 1. The van der Waals surface area contributed by atoms with Gasteiger partial charge in [0, 0.05) is 23.7 Å². The van der Waals surface area contributed by atoms with Crippen LogP contribution >= 0.6 is 0 Å². The summed E-state index contributed by atoms with van der Waals surface area (Å²) in [4.78, 5) is 26.1. The van der Waals surface area contributed by atoms with Crippen LogP contribution in [0, 0.1) is 5.82 Å². The summed E-state index contributed by atoms with van der Waals surface area (Å²) in [6, 6.07) is 15.5. The van der Waals surface area contributed by atoms with E-state index in [1.165, 1.54) is 25.6 Å². The molecule has 4 N–H and O–H groups in total. The average molecular weight is 553 g/mol. The Morgan fingerprint density at radius 3 is 2.63 bits per heavy atom. The number of pyridine rings is 1. The first-order chi connectivity index (χ1) is 20.0. The normalized spacial score (nSPS) is 13.8. The molecule has 1 saturated heterocycles. The van der Waals surface area contributed by atoms with Crippen molar-refractivity contribution in [2.45, 2.75) is 25.3 Å². The fourth-order valence-corrected chi connectivity index (χ4v) is 5.15. The van der Waals surface area contributed by atoms with E-state index in [1.807, 2.05) is 36.5 Å². The second-order valence-corrected chi connectivity index (χ2v) is 9.91. The first kappa shape index (κ1) is 26.3. The first-order valence-corrected chi connectivity index (χ1v) is 13.4. The van der Waals surface area contributed by atoms with Crippen molar-refractivity contribution in [1.82, 2.24) is 35.4 Å². The number of halogens is 1. The summed E-state index contributed by atoms with van der Waals surface area (Å²) in [5.41, 5.74) is 11.2. The van der Waals surface area contributed by atoms with Gasteiger partial charge in [0.15, 0.2) is 5.65 Å². The molecule has 4 heterocycles. The molecular weight excluding hydrogens is 523 g/mol. The number of benzene rings is 2. The minimum atomic E-state index is -0.510. The van der Waals surface area contributed by atoms with Gasteiger partial charge < -0.3 is 21.1 Å². The van der Waals surface area contributed by atoms with E-state index in [0.717, 1.165) is 54.5 Å². The molecule has 1 fully saturated rings. The van der Waals surface area contributed by atoms with Gasteiger partial charge in [-0.1, -0.05) is 24.3 Å². The maximum absolute atomic E-state index is 13.7. The molecule has 11 heteroatoms. The van der Waals surface area contributed by atoms with Crippen LogP contribution in [0.5, 0.6) is 5.75 Å². The number of carbonyl (C=O) groups is 1. The lowest BCUT2D eigenvalue weighted by atomic mass is 9.94. The van der Waals surface area contributed by atoms with Gasteiger partial charge in [-0.2, -0.15) is 5.10 Å². The molecule has 0 aliphatic carbocycles. The number of carbonyl (C=O) groups excluding carboxylic acids is 1. The summed E-state index contributed by atoms with van der Waals surface area (Å²) in [6.07, 6.45) is 5.40. The van der Waals surface area contributed by atoms with E-state index < -0.39 is 11.7 Å². The van der Waals surface area contributed by atoms with Crippen LogP contribution in [0.25, 0.3) is 28.0 Å². The Morgan fingerprint density at radius 1 is 1.10 bits per heavy atom. The van der Waals surface area contributed by atoms with E-state index >= 15 is 0 Å². The summed E-state index contributed by atoms with van der Waals surface area (Å²) < 4.78 is 20.6. The molecule has 0 spiro atoms. The Balaban J connectivity index is 1.25. The van der Waals surface area contributed by atoms with Gasteiger partial charge >= 0.3 is 0 Å². The van der Waals surface area contributed by atoms with Crippen molar-refractivity contribution in [1.29, 1.82) is 0 Å². The van der Waals surface area contributed by atoms with Crippen LogP contribution in [0.1, 0.15) is 40.4 Å². The van der Waals surface area contributed by atoms with Gasteiger partial charge in [0.25, 0.3) is 5.91 Å². The molecule has 10 nitrogen and oxygen atoms in total. The predicted octanol–water partition coefficient (Wildman–Crippen LogP) is 4.00. The third kappa shape index (κ3) is 5.31. The molecular formula is C30H29FN8O2. The van der Waals surface area contributed by atoms with Crippen molar-refractivity contribution in [2.24, 2.45) is 0 Å². The molecule has 0 unspecified atom stereocenters. The number of fused-ring (bicyclic) bond motifs is 1. The summed E-state index contributed by atoms with van der Waals surface area (Å²) >= 11 is 0. The van der Waals surface area contributed by atoms with Gasteiger partial charge in [-0.25, -0.2) is 19.0 Å². The third-order valence-corrected chi connectivity index (χ3v) is 7.35. The number of nitrogens with two attached hydrogens (primary N) is 1. The zero-order valence-electron chi connectivity index (χ0n) is 22.5. The third-order valence-electron chi connectivity index (χ3n) is 7.35. The number of amides is 1. The fourth-order valence-electron chi connectivity index (χ4n) is 5.15. The highest BCUT2D eigenvalue weighted by atomic mass is 19.1. The number of nitrogens with zero attached hydrogens (tertiary/aromatic N) is 5. The van der Waals surface area contributed by atoms with Crippen molar-refractivity contribution in [3.63, 3.8) is 0 Å². The van der Waals surface area contributed by atoms with Crippen molar-refractivity contribution >= 4 is 22.8 Å². The van der Waals surface area contributed by atoms with Gasteiger partial charge in [0.2, 0.25) is 0 Å². The van der Waals surface area contributed by atoms with Crippen LogP contribution in [0.2, 0.25) is 0 Å². The Labute approximate surface area is 235 Å². The Morgan fingerprint density at radius 2 is 1.90 bits per heavy atom. The number of nitrogen functional groups attached to an aromatic ring is 1. The number of hydrogen-bond donors (Lipinski definition) is 3. The zero-order valence-corrected chi connectivity index (χ0v) is 22.5. The molecule has 6 rings (SSSR count). The lowest BCUT2D eigenvalue weighted by Crippen LogP contribution is -2.27. The van der Waals surface area contributed by atoms with E-state index in [0.29, 0.717) is 34.2 Å². The Bertz CT molecular complexity index is 1700. The highest BCUT2D eigenvalue weighted by molar-refractivity contribution is 5.99. The van der Waals surface area contributed by atoms with Gasteiger partial charge in [0.05, 0.1) is 29.9 Å². The molecule has 0 radical (unpaired) electrons. The quantitative estimate of drug-likeness (QED) is 0.276. The largest absolute Gasteiger partial charge is 0.496 e. The van der Waals surface area contributed by atoms with Crippen LogP contribution in [0.4, 0.5) is 10.2 Å². The van der Waals surface area contributed by atoms with Crippen molar-refractivity contribution in [3.05, 3.63) is 89.8 Å². The molecule has 41 heavy (non-hydrogen) atoms. The molecule has 5 aromatic rings. The molecule has 1 aliphatic rings. The Hall–Kier alpha value is -4.90. The number of ether oxygens (including phenoxy) is 1. The molecule has 3 aromatic heterocycles. The maximum Gasteiger partial charge on any atom is 0.255 e. The molecule has 2 aromatic carbocycles. The number of aromatic nitrogens is 5. The summed E-state index contributed by atoms with van der Waals surface area (Å²) in [5, 5.41) is 11.7. The summed E-state index contributed by atoms with van der Waals surface area (Å²) in [5.74, 6) is 0.143. The number of nitrogens with one attached hydrogen (secondary N) is 2. The van der Waals surface area contributed by atoms with E-state index in [1.54, 1.807) is 4.68 Å². The number of anilines is 1. The van der Waals surface area contributed by atoms with Crippen molar-refractivity contribution < 1.29 is 13.9 Å². The lowest BCUT2D eigenvalue weighted by Gasteiger charge is -2.22. The fraction of sp³-hybridized carbons (Fsp3) is 0.233. The summed E-state index contributed by atoms with van der Waals surface area (Å²) in [7, 11) is 1.44. The molecule has 0 bridgehead atoms. The molecule has 1 aliphatic heterocycles. The molecule has 0 saturated carbocycles. The Kier molecular flexibility index (Phi) is 7.26. The van der Waals surface area contributed by atoms with Crippen LogP contribution in [0.15, 0.2) is 67.1 Å². The average Bonchev–Trinajstić information content (AvgIpc) is 3.41. The molecule has 208 valence electrons. The van der Waals surface area contributed by atoms with E-state index in [2.05, 4.69) is 26.7 Å². The van der Waals surface area contributed by atoms with Crippen molar-refractivity contribution in [3.8, 4) is 22.7 Å². The van der Waals surface area contributed by atoms with Gasteiger partial charge in [0.1, 0.15) is 29.4 Å². The topological polar surface area (TPSA) is 133 Å². The van der Waals surface area contributed by atoms with Gasteiger partial charge in [-0.15, -0.1) is 0 Å². The number of hydrogen-bond acceptors (Lipinski definition) is 8. The van der Waals surface area contributed by atoms with Crippen LogP contribution in [-0.4, -0.2) is 50.8 Å². The minimum Gasteiger partial charge on any atom is -0.496 e. The van der Waals surface area contributed by atoms with E-state index in [-0.39, 0.29) is 12.1 Å². The monoisotopic (exact) mass is 552 g/mol. The smallest absolute Gasteiger partial charge is 0.255 e. The first-order valence-electron chi connectivity index (χ1n) is 13.4. The maximum atomic E-state index is 13.7. The van der Waals surface area contributed by atoms with E-state index in [4.69, 9.17) is 20.6 Å². The van der Waals surface area contributed by atoms with Gasteiger partial charge in [-0.3, -0.25) is 9.78 Å². The lowest BCUT2D eigenvalue weighted by molar-refractivity contribution is 0.0947. The predicted molar refractivity (Wildman–Crippen MR) is 153 cm³/mol. The highest BCUT2D eigenvalue weighted by Crippen LogP contribution is 2.32. The second-order valence-electron chi connectivity index (χ2n) is 9.91. The SMILES string of the molecule is COc1ccc(F)cc1C(=O)NCc1ccc(-c2nn(-c3ccc(C4CCNCC4)nc3)c3ncnc(N)c23)cc1. The number of rotatable bonds is 7. The minimum absolute atomic E-state index is 0.134. The van der Waals surface area contributed by atoms with E-state index in [9.17, 15) is 9.18 Å². The van der Waals surface area contributed by atoms with Gasteiger partial charge in [-0.05, 0) is 61.8 Å². The van der Waals surface area contributed by atoms with Crippen LogP contribution in [0.3, 0.4) is 0 Å². The molecule has 1 amide bonds. The second kappa shape index (κ2) is 11.3. The van der Waals surface area contributed by atoms with Crippen LogP contribution < -0.4 is 21.1 Å². The highest BCUT2D eigenvalue weighted by Gasteiger charge is 2.20.